The molecular formula is C18H22N2O4. The Morgan fingerprint density at radius 3 is 2.96 bits per heavy atom. The van der Waals surface area contributed by atoms with E-state index in [9.17, 15) is 9.59 Å². The molecule has 1 aliphatic heterocycles. The molecule has 2 unspecified atom stereocenters. The van der Waals surface area contributed by atoms with Gasteiger partial charge in [0.1, 0.15) is 11.3 Å². The van der Waals surface area contributed by atoms with Crippen molar-refractivity contribution in [2.75, 3.05) is 13.2 Å². The summed E-state index contributed by atoms with van der Waals surface area (Å²) < 4.78 is 10.7. The molecule has 0 spiro atoms. The zero-order valence-corrected chi connectivity index (χ0v) is 13.7. The predicted octanol–water partition coefficient (Wildman–Crippen LogP) is 1.90. The van der Waals surface area contributed by atoms with Gasteiger partial charge in [0.2, 0.25) is 0 Å². The number of nitrogens with zero attached hydrogens (tertiary/aromatic N) is 1. The van der Waals surface area contributed by atoms with Gasteiger partial charge in [-0.05, 0) is 44.4 Å². The van der Waals surface area contributed by atoms with E-state index in [1.807, 2.05) is 11.8 Å². The molecule has 6 nitrogen and oxygen atoms in total. The second-order valence-corrected chi connectivity index (χ2v) is 6.25. The second-order valence-electron chi connectivity index (χ2n) is 6.25. The fourth-order valence-corrected chi connectivity index (χ4v) is 3.17. The Balaban J connectivity index is 1.68. The number of carbonyl (C=O) groups excluding carboxylic acids is 1. The van der Waals surface area contributed by atoms with Gasteiger partial charge in [0.25, 0.3) is 5.91 Å². The van der Waals surface area contributed by atoms with Crippen molar-refractivity contribution >= 4 is 16.9 Å². The lowest BCUT2D eigenvalue weighted by Gasteiger charge is -2.38. The third-order valence-electron chi connectivity index (χ3n) is 4.43. The molecule has 1 aromatic heterocycles. The van der Waals surface area contributed by atoms with Gasteiger partial charge in [0, 0.05) is 36.1 Å². The molecule has 2 aromatic rings. The van der Waals surface area contributed by atoms with Gasteiger partial charge in [0.05, 0.1) is 0 Å². The quantitative estimate of drug-likeness (QED) is 0.865. The highest BCUT2D eigenvalue weighted by atomic mass is 16.5. The highest BCUT2D eigenvalue weighted by Crippen LogP contribution is 2.21. The Morgan fingerprint density at radius 1 is 1.38 bits per heavy atom. The van der Waals surface area contributed by atoms with Crippen molar-refractivity contribution in [3.63, 3.8) is 0 Å². The molecule has 0 bridgehead atoms. The van der Waals surface area contributed by atoms with Crippen LogP contribution in [0.4, 0.5) is 0 Å². The molecule has 128 valence electrons. The normalized spacial score (nSPS) is 19.2. The van der Waals surface area contributed by atoms with E-state index < -0.39 is 5.63 Å². The van der Waals surface area contributed by atoms with Crippen molar-refractivity contribution < 1.29 is 13.9 Å². The summed E-state index contributed by atoms with van der Waals surface area (Å²) in [7, 11) is 0. The molecule has 0 aliphatic carbocycles. The summed E-state index contributed by atoms with van der Waals surface area (Å²) in [4.78, 5) is 25.6. The molecule has 1 aliphatic rings. The Bertz CT molecular complexity index is 784. The summed E-state index contributed by atoms with van der Waals surface area (Å²) in [5.74, 6) is 0.436. The first-order valence-corrected chi connectivity index (χ1v) is 8.26. The summed E-state index contributed by atoms with van der Waals surface area (Å²) in [6, 6.07) is 8.27. The number of fused-ring (bicyclic) bond motifs is 1. The van der Waals surface area contributed by atoms with Crippen molar-refractivity contribution in [1.29, 1.82) is 0 Å². The lowest BCUT2D eigenvalue weighted by molar-refractivity contribution is -0.137. The molecule has 1 amide bonds. The minimum Gasteiger partial charge on any atom is -0.484 e. The maximum absolute atomic E-state index is 12.5. The number of hydrogen-bond donors (Lipinski definition) is 1. The van der Waals surface area contributed by atoms with Crippen LogP contribution in [-0.2, 0) is 4.79 Å². The van der Waals surface area contributed by atoms with Gasteiger partial charge in [-0.1, -0.05) is 0 Å². The van der Waals surface area contributed by atoms with Crippen LogP contribution in [0.3, 0.4) is 0 Å². The van der Waals surface area contributed by atoms with E-state index >= 15 is 0 Å². The van der Waals surface area contributed by atoms with E-state index in [0.29, 0.717) is 11.3 Å². The first-order valence-electron chi connectivity index (χ1n) is 8.26. The number of benzene rings is 1. The van der Waals surface area contributed by atoms with Gasteiger partial charge >= 0.3 is 5.63 Å². The molecular weight excluding hydrogens is 308 g/mol. The molecule has 1 aromatic carbocycles. The Hall–Kier alpha value is -2.34. The van der Waals surface area contributed by atoms with E-state index in [-0.39, 0.29) is 24.6 Å². The smallest absolute Gasteiger partial charge is 0.336 e. The second kappa shape index (κ2) is 7.05. The van der Waals surface area contributed by atoms with Crippen LogP contribution in [-0.4, -0.2) is 36.0 Å². The van der Waals surface area contributed by atoms with Crippen LogP contribution in [0.25, 0.3) is 11.0 Å². The van der Waals surface area contributed by atoms with Crippen molar-refractivity contribution in [2.24, 2.45) is 5.73 Å². The minimum absolute atomic E-state index is 0.0498. The number of carbonyl (C=O) groups is 1. The van der Waals surface area contributed by atoms with Crippen molar-refractivity contribution in [2.45, 2.75) is 38.3 Å². The number of rotatable bonds is 4. The molecule has 1 fully saturated rings. The topological polar surface area (TPSA) is 85.8 Å². The summed E-state index contributed by atoms with van der Waals surface area (Å²) in [5, 5.41) is 0.807. The van der Waals surface area contributed by atoms with Gasteiger partial charge < -0.3 is 19.8 Å². The van der Waals surface area contributed by atoms with Crippen LogP contribution in [0.2, 0.25) is 0 Å². The molecule has 3 rings (SSSR count). The SMILES string of the molecule is CC(N)C1CCCCN1C(=O)COc1ccc2ccc(=O)oc2c1. The van der Waals surface area contributed by atoms with E-state index in [0.717, 1.165) is 31.2 Å². The molecule has 6 heteroatoms. The van der Waals surface area contributed by atoms with Crippen LogP contribution in [0.1, 0.15) is 26.2 Å². The molecule has 0 saturated carbocycles. The summed E-state index contributed by atoms with van der Waals surface area (Å²) in [6.45, 7) is 2.61. The number of hydrogen-bond acceptors (Lipinski definition) is 5. The monoisotopic (exact) mass is 330 g/mol. The first kappa shape index (κ1) is 16.5. The van der Waals surface area contributed by atoms with E-state index in [1.165, 1.54) is 6.07 Å². The van der Waals surface area contributed by atoms with Crippen molar-refractivity contribution in [1.82, 2.24) is 4.90 Å². The van der Waals surface area contributed by atoms with Crippen molar-refractivity contribution in [3.05, 3.63) is 40.8 Å². The molecule has 2 N–H and O–H groups in total. The predicted molar refractivity (Wildman–Crippen MR) is 91.0 cm³/mol. The van der Waals surface area contributed by atoms with E-state index in [4.69, 9.17) is 14.9 Å². The number of likely N-dealkylation sites (tertiary alicyclic amines) is 1. The maximum atomic E-state index is 12.5. The Kier molecular flexibility index (Phi) is 4.85. The van der Waals surface area contributed by atoms with E-state index in [2.05, 4.69) is 0 Å². The van der Waals surface area contributed by atoms with Crippen molar-refractivity contribution in [3.8, 4) is 5.75 Å². The largest absolute Gasteiger partial charge is 0.484 e. The molecule has 0 radical (unpaired) electrons. The molecule has 2 atom stereocenters. The summed E-state index contributed by atoms with van der Waals surface area (Å²) in [6.07, 6.45) is 3.03. The molecule has 1 saturated heterocycles. The first-order chi connectivity index (χ1) is 11.5. The molecule has 2 heterocycles. The average molecular weight is 330 g/mol. The third-order valence-corrected chi connectivity index (χ3v) is 4.43. The average Bonchev–Trinajstić information content (AvgIpc) is 2.59. The Labute approximate surface area is 140 Å². The van der Waals surface area contributed by atoms with Crippen LogP contribution in [0.15, 0.2) is 39.5 Å². The zero-order valence-electron chi connectivity index (χ0n) is 13.7. The van der Waals surface area contributed by atoms with E-state index in [1.54, 1.807) is 24.3 Å². The van der Waals surface area contributed by atoms with Crippen LogP contribution in [0, 0.1) is 0 Å². The van der Waals surface area contributed by atoms with Crippen LogP contribution in [0.5, 0.6) is 5.75 Å². The lowest BCUT2D eigenvalue weighted by atomic mass is 9.97. The summed E-state index contributed by atoms with van der Waals surface area (Å²) in [5.41, 5.74) is 6.03. The van der Waals surface area contributed by atoms with Gasteiger partial charge in [-0.25, -0.2) is 4.79 Å². The summed E-state index contributed by atoms with van der Waals surface area (Å²) >= 11 is 0. The number of amides is 1. The fraction of sp³-hybridized carbons (Fsp3) is 0.444. The molecule has 24 heavy (non-hydrogen) atoms. The lowest BCUT2D eigenvalue weighted by Crippen LogP contribution is -2.52. The fourth-order valence-electron chi connectivity index (χ4n) is 3.17. The third kappa shape index (κ3) is 3.59. The minimum atomic E-state index is -0.413. The zero-order chi connectivity index (χ0) is 17.1. The highest BCUT2D eigenvalue weighted by molar-refractivity contribution is 5.79. The number of nitrogens with two attached hydrogens (primary N) is 1. The van der Waals surface area contributed by atoms with Crippen LogP contribution < -0.4 is 16.1 Å². The Morgan fingerprint density at radius 2 is 2.17 bits per heavy atom. The standard InChI is InChI=1S/C18H22N2O4/c1-12(19)15-4-2-3-9-20(15)17(21)11-23-14-7-5-13-6-8-18(22)24-16(13)10-14/h5-8,10,12,15H,2-4,9,11,19H2,1H3. The van der Waals surface area contributed by atoms with Gasteiger partial charge in [-0.3, -0.25) is 4.79 Å². The highest BCUT2D eigenvalue weighted by Gasteiger charge is 2.29. The van der Waals surface area contributed by atoms with Gasteiger partial charge in [-0.2, -0.15) is 0 Å². The maximum Gasteiger partial charge on any atom is 0.336 e. The number of ether oxygens (including phenoxy) is 1. The van der Waals surface area contributed by atoms with Crippen LogP contribution >= 0.6 is 0 Å². The van der Waals surface area contributed by atoms with Gasteiger partial charge in [-0.15, -0.1) is 0 Å². The van der Waals surface area contributed by atoms with Gasteiger partial charge in [0.15, 0.2) is 6.61 Å². The number of piperidine rings is 1.